The lowest BCUT2D eigenvalue weighted by Crippen LogP contribution is -2.29. The van der Waals surface area contributed by atoms with Gasteiger partial charge in [0.1, 0.15) is 10.0 Å². The number of nitrogens with zero attached hydrogens (tertiary/aromatic N) is 3. The molecular formula is C17H19ClF3N3O2S3. The van der Waals surface area contributed by atoms with Crippen LogP contribution in [-0.4, -0.2) is 38.4 Å². The number of pyridine rings is 1. The van der Waals surface area contributed by atoms with Crippen LogP contribution in [0.3, 0.4) is 0 Å². The second-order valence-electron chi connectivity index (χ2n) is 6.02. The fraction of sp³-hybridized carbons (Fsp3) is 0.471. The lowest BCUT2D eigenvalue weighted by atomic mass is 10.3. The first-order valence-electron chi connectivity index (χ1n) is 8.68. The van der Waals surface area contributed by atoms with E-state index in [0.717, 1.165) is 0 Å². The molecule has 0 aliphatic rings. The lowest BCUT2D eigenvalue weighted by molar-refractivity contribution is -0.604. The molecule has 29 heavy (non-hydrogen) atoms. The summed E-state index contributed by atoms with van der Waals surface area (Å²) in [6, 6.07) is 3.35. The van der Waals surface area contributed by atoms with Crippen LogP contribution < -0.4 is 9.63 Å². The standard InChI is InChI=1S/C17H19ClF3N3O2S3/c1-2-24(13(27)6-10-29(26)9-4-7-17(19,20)21)16-14(18)22-15(28-16)12-5-3-8-23(25)11-12/h3,5,8,11H,2,4,6-7,9-10H2,1H3. The predicted molar refractivity (Wildman–Crippen MR) is 115 cm³/mol. The fourth-order valence-electron chi connectivity index (χ4n) is 2.47. The van der Waals surface area contributed by atoms with E-state index in [4.69, 9.17) is 23.8 Å². The average molecular weight is 486 g/mol. The smallest absolute Gasteiger partial charge is 0.389 e. The van der Waals surface area contributed by atoms with Crippen LogP contribution in [-0.2, 0) is 10.8 Å². The average Bonchev–Trinajstić information content (AvgIpc) is 3.01. The van der Waals surface area contributed by atoms with Crippen molar-refractivity contribution in [3.05, 3.63) is 34.9 Å². The minimum Gasteiger partial charge on any atom is -0.619 e. The fourth-order valence-corrected chi connectivity index (χ4v) is 5.46. The van der Waals surface area contributed by atoms with Crippen molar-refractivity contribution in [1.29, 1.82) is 0 Å². The lowest BCUT2D eigenvalue weighted by Gasteiger charge is -2.21. The quantitative estimate of drug-likeness (QED) is 0.292. The number of hydrogen-bond donors (Lipinski definition) is 0. The van der Waals surface area contributed by atoms with Crippen molar-refractivity contribution < 1.29 is 22.1 Å². The molecule has 0 aliphatic heterocycles. The predicted octanol–water partition coefficient (Wildman–Crippen LogP) is 4.73. The molecular weight excluding hydrogens is 467 g/mol. The van der Waals surface area contributed by atoms with E-state index in [1.54, 1.807) is 17.0 Å². The molecule has 0 fully saturated rings. The van der Waals surface area contributed by atoms with Gasteiger partial charge in [-0.1, -0.05) is 35.2 Å². The summed E-state index contributed by atoms with van der Waals surface area (Å²) >= 11 is 13.0. The molecule has 0 saturated carbocycles. The number of alkyl halides is 3. The molecule has 0 bridgehead atoms. The third-order valence-electron chi connectivity index (χ3n) is 3.83. The zero-order valence-corrected chi connectivity index (χ0v) is 18.7. The molecule has 0 aliphatic carbocycles. The topological polar surface area (TPSA) is 60.1 Å². The first-order valence-corrected chi connectivity index (χ1v) is 11.8. The van der Waals surface area contributed by atoms with Crippen molar-refractivity contribution in [3.8, 4) is 10.6 Å². The Kier molecular flexibility index (Phi) is 8.80. The van der Waals surface area contributed by atoms with Crippen LogP contribution in [0.1, 0.15) is 26.2 Å². The van der Waals surface area contributed by atoms with Gasteiger partial charge >= 0.3 is 6.18 Å². The maximum absolute atomic E-state index is 12.2. The summed E-state index contributed by atoms with van der Waals surface area (Å²) in [5.74, 6) is 0.175. The van der Waals surface area contributed by atoms with Crippen molar-refractivity contribution in [3.63, 3.8) is 0 Å². The Labute approximate surface area is 183 Å². The molecule has 0 aromatic carbocycles. The highest BCUT2D eigenvalue weighted by molar-refractivity contribution is 7.85. The number of halogens is 4. The molecule has 1 unspecified atom stereocenters. The van der Waals surface area contributed by atoms with Crippen LogP contribution in [0, 0.1) is 5.21 Å². The molecule has 0 radical (unpaired) electrons. The van der Waals surface area contributed by atoms with Crippen LogP contribution in [0.5, 0.6) is 0 Å². The summed E-state index contributed by atoms with van der Waals surface area (Å²) in [5, 5.41) is 12.9. The molecule has 2 aromatic rings. The van der Waals surface area contributed by atoms with Gasteiger partial charge in [0.25, 0.3) is 0 Å². The van der Waals surface area contributed by atoms with Gasteiger partial charge in [-0.3, -0.25) is 4.21 Å². The largest absolute Gasteiger partial charge is 0.619 e. The Morgan fingerprint density at radius 2 is 2.17 bits per heavy atom. The monoisotopic (exact) mass is 485 g/mol. The van der Waals surface area contributed by atoms with E-state index in [9.17, 15) is 22.6 Å². The molecule has 2 heterocycles. The van der Waals surface area contributed by atoms with E-state index in [0.29, 0.717) is 31.8 Å². The van der Waals surface area contributed by atoms with Crippen LogP contribution in [0.15, 0.2) is 24.5 Å². The summed E-state index contributed by atoms with van der Waals surface area (Å²) in [5.41, 5.74) is 0.619. The molecule has 2 aromatic heterocycles. The van der Waals surface area contributed by atoms with Gasteiger partial charge in [0.2, 0.25) is 0 Å². The van der Waals surface area contributed by atoms with Gasteiger partial charge in [-0.15, -0.1) is 0 Å². The number of hydrogen-bond acceptors (Lipinski definition) is 5. The van der Waals surface area contributed by atoms with E-state index in [1.165, 1.54) is 23.7 Å². The minimum atomic E-state index is -4.23. The first kappa shape index (κ1) is 24.0. The normalized spacial score (nSPS) is 12.7. The molecule has 1 atom stereocenters. The van der Waals surface area contributed by atoms with Gasteiger partial charge in [0.15, 0.2) is 17.5 Å². The third-order valence-corrected chi connectivity index (χ3v) is 7.16. The highest BCUT2D eigenvalue weighted by Crippen LogP contribution is 2.37. The Bertz CT molecular complexity index is 877. The van der Waals surface area contributed by atoms with Crippen LogP contribution in [0.25, 0.3) is 10.6 Å². The molecule has 5 nitrogen and oxygen atoms in total. The van der Waals surface area contributed by atoms with Crippen molar-refractivity contribution in [2.75, 3.05) is 23.0 Å². The van der Waals surface area contributed by atoms with E-state index < -0.39 is 23.4 Å². The molecule has 160 valence electrons. The SMILES string of the molecule is CCN(C(=S)CCS(=O)CCCC(F)(F)F)c1sc(-c2ccc[n+]([O-])c2)nc1Cl. The third kappa shape index (κ3) is 7.47. The van der Waals surface area contributed by atoms with Crippen LogP contribution >= 0.6 is 35.2 Å². The number of rotatable bonds is 9. The molecule has 0 saturated heterocycles. The molecule has 0 amide bonds. The summed E-state index contributed by atoms with van der Waals surface area (Å²) in [7, 11) is -1.38. The zero-order valence-electron chi connectivity index (χ0n) is 15.4. The highest BCUT2D eigenvalue weighted by Gasteiger charge is 2.26. The van der Waals surface area contributed by atoms with Crippen molar-refractivity contribution in [2.24, 2.45) is 0 Å². The second kappa shape index (κ2) is 10.6. The van der Waals surface area contributed by atoms with Gasteiger partial charge in [-0.25, -0.2) is 4.98 Å². The Balaban J connectivity index is 2.00. The maximum Gasteiger partial charge on any atom is 0.389 e. The summed E-state index contributed by atoms with van der Waals surface area (Å²) in [6.45, 7) is 2.37. The number of thiocarbonyl (C=S) groups is 1. The van der Waals surface area contributed by atoms with Crippen molar-refractivity contribution in [2.45, 2.75) is 32.4 Å². The van der Waals surface area contributed by atoms with E-state index in [-0.39, 0.29) is 29.5 Å². The maximum atomic E-state index is 12.2. The summed E-state index contributed by atoms with van der Waals surface area (Å²) in [4.78, 5) is 6.55. The van der Waals surface area contributed by atoms with E-state index >= 15 is 0 Å². The summed E-state index contributed by atoms with van der Waals surface area (Å²) in [6.07, 6.45) is -2.30. The van der Waals surface area contributed by atoms with Gasteiger partial charge in [-0.2, -0.15) is 17.9 Å². The Morgan fingerprint density at radius 1 is 1.45 bits per heavy atom. The highest BCUT2D eigenvalue weighted by atomic mass is 35.5. The molecule has 0 N–H and O–H groups in total. The van der Waals surface area contributed by atoms with Gasteiger partial charge in [0.05, 0.1) is 10.6 Å². The zero-order chi connectivity index (χ0) is 21.6. The minimum absolute atomic E-state index is 0.0110. The molecule has 0 spiro atoms. The van der Waals surface area contributed by atoms with Gasteiger partial charge in [-0.05, 0) is 19.4 Å². The Morgan fingerprint density at radius 3 is 2.79 bits per heavy atom. The number of thiazole rings is 1. The van der Waals surface area contributed by atoms with Crippen molar-refractivity contribution in [1.82, 2.24) is 4.98 Å². The van der Waals surface area contributed by atoms with Crippen LogP contribution in [0.4, 0.5) is 18.2 Å². The molecule has 2 rings (SSSR count). The van der Waals surface area contributed by atoms with Gasteiger partial charge < -0.3 is 10.1 Å². The Hall–Kier alpha value is -1.30. The van der Waals surface area contributed by atoms with Crippen LogP contribution in [0.2, 0.25) is 5.15 Å². The van der Waals surface area contributed by atoms with Crippen molar-refractivity contribution >= 4 is 55.9 Å². The van der Waals surface area contributed by atoms with Gasteiger partial charge in [0, 0.05) is 47.8 Å². The first-order chi connectivity index (χ1) is 13.6. The number of anilines is 1. The summed E-state index contributed by atoms with van der Waals surface area (Å²) < 4.78 is 49.2. The van der Waals surface area contributed by atoms with E-state index in [1.807, 2.05) is 6.92 Å². The number of aromatic nitrogens is 2. The van der Waals surface area contributed by atoms with E-state index in [2.05, 4.69) is 4.98 Å². The molecule has 12 heteroatoms. The second-order valence-corrected chi connectivity index (χ2v) is 9.53.